The average molecular weight is 287 g/mol. The molecule has 0 radical (unpaired) electrons. The third kappa shape index (κ3) is 2.22. The Kier molecular flexibility index (Phi) is 3.40. The van der Waals surface area contributed by atoms with Crippen LogP contribution in [0.4, 0.5) is 0 Å². The molecule has 0 aromatic heterocycles. The fourth-order valence-corrected chi connectivity index (χ4v) is 6.13. The van der Waals surface area contributed by atoms with E-state index in [1.807, 2.05) is 0 Å². The lowest BCUT2D eigenvalue weighted by atomic mass is 9.76. The van der Waals surface area contributed by atoms with Gasteiger partial charge in [0.2, 0.25) is 0 Å². The highest BCUT2D eigenvalue weighted by molar-refractivity contribution is 7.91. The Hall–Kier alpha value is -0.170. The lowest BCUT2D eigenvalue weighted by Gasteiger charge is -2.50. The Bertz CT molecular complexity index is 453. The van der Waals surface area contributed by atoms with Gasteiger partial charge in [0.25, 0.3) is 0 Å². The van der Waals surface area contributed by atoms with Gasteiger partial charge >= 0.3 is 0 Å². The van der Waals surface area contributed by atoms with Crippen LogP contribution in [0.15, 0.2) is 0 Å². The summed E-state index contributed by atoms with van der Waals surface area (Å²) in [4.78, 5) is 4.85. The summed E-state index contributed by atoms with van der Waals surface area (Å²) in [6.45, 7) is 4.08. The standard InChI is InChI=1S/C13H25N3O2S/c1-15(12-3-7-19(17,18)9-12)13(10-14)4-6-16-5-2-11(13)8-16/h11-12H,2-10,14H2,1H3. The number of sulfone groups is 1. The van der Waals surface area contributed by atoms with Gasteiger partial charge in [-0.25, -0.2) is 8.42 Å². The van der Waals surface area contributed by atoms with E-state index in [1.165, 1.54) is 13.0 Å². The molecule has 2 bridgehead atoms. The van der Waals surface area contributed by atoms with Crippen molar-refractivity contribution in [3.8, 4) is 0 Å². The van der Waals surface area contributed by atoms with Crippen molar-refractivity contribution in [1.82, 2.24) is 9.80 Å². The van der Waals surface area contributed by atoms with E-state index in [2.05, 4.69) is 16.8 Å². The fourth-order valence-electron chi connectivity index (χ4n) is 4.35. The van der Waals surface area contributed by atoms with Gasteiger partial charge in [0.1, 0.15) is 0 Å². The third-order valence-corrected chi connectivity index (χ3v) is 7.46. The SMILES string of the molecule is CN(C1CCS(=O)(=O)C1)C1(CN)CCN2CCC1C2. The molecule has 6 heteroatoms. The van der Waals surface area contributed by atoms with Crippen LogP contribution in [0, 0.1) is 5.92 Å². The molecule has 5 nitrogen and oxygen atoms in total. The van der Waals surface area contributed by atoms with Crippen LogP contribution in [0.25, 0.3) is 0 Å². The highest BCUT2D eigenvalue weighted by Gasteiger charge is 2.50. The normalized spacial score (nSPS) is 44.9. The topological polar surface area (TPSA) is 66.6 Å². The van der Waals surface area contributed by atoms with E-state index in [0.717, 1.165) is 25.9 Å². The van der Waals surface area contributed by atoms with Crippen molar-refractivity contribution >= 4 is 9.84 Å². The van der Waals surface area contributed by atoms with E-state index >= 15 is 0 Å². The second-order valence-corrected chi connectivity index (χ2v) is 8.74. The van der Waals surface area contributed by atoms with Crippen LogP contribution in [0.1, 0.15) is 19.3 Å². The summed E-state index contributed by atoms with van der Waals surface area (Å²) in [5.41, 5.74) is 6.17. The number of hydrogen-bond donors (Lipinski definition) is 1. The fraction of sp³-hybridized carbons (Fsp3) is 1.00. The molecule has 2 N–H and O–H groups in total. The first kappa shape index (κ1) is 13.8. The summed E-state index contributed by atoms with van der Waals surface area (Å²) in [5, 5.41) is 0. The molecular formula is C13H25N3O2S. The van der Waals surface area contributed by atoms with Crippen molar-refractivity contribution in [2.45, 2.75) is 30.8 Å². The number of likely N-dealkylation sites (N-methyl/N-ethyl adjacent to an activating group) is 1. The summed E-state index contributed by atoms with van der Waals surface area (Å²) in [7, 11) is -0.717. The minimum Gasteiger partial charge on any atom is -0.329 e. The van der Waals surface area contributed by atoms with Crippen molar-refractivity contribution in [2.24, 2.45) is 11.7 Å². The van der Waals surface area contributed by atoms with Gasteiger partial charge in [-0.2, -0.15) is 0 Å². The summed E-state index contributed by atoms with van der Waals surface area (Å²) < 4.78 is 23.4. The quantitative estimate of drug-likeness (QED) is 0.760. The lowest BCUT2D eigenvalue weighted by Crippen LogP contribution is -2.63. The predicted octanol–water partition coefficient (Wildman–Crippen LogP) is -0.472. The molecule has 3 aliphatic heterocycles. The molecule has 0 aromatic rings. The molecule has 4 atom stereocenters. The molecule has 0 amide bonds. The van der Waals surface area contributed by atoms with Crippen molar-refractivity contribution in [2.75, 3.05) is 44.7 Å². The summed E-state index contributed by atoms with van der Waals surface area (Å²) in [5.74, 6) is 1.28. The Morgan fingerprint density at radius 3 is 2.79 bits per heavy atom. The number of nitrogens with two attached hydrogens (primary N) is 1. The van der Waals surface area contributed by atoms with Crippen molar-refractivity contribution in [3.05, 3.63) is 0 Å². The van der Waals surface area contributed by atoms with Crippen LogP contribution in [0.5, 0.6) is 0 Å². The maximum atomic E-state index is 11.7. The Morgan fingerprint density at radius 1 is 1.37 bits per heavy atom. The zero-order valence-electron chi connectivity index (χ0n) is 11.7. The summed E-state index contributed by atoms with van der Waals surface area (Å²) in [6, 6.07) is 0.167. The molecule has 0 aliphatic carbocycles. The molecule has 110 valence electrons. The first-order valence-corrected chi connectivity index (χ1v) is 9.15. The van der Waals surface area contributed by atoms with E-state index in [9.17, 15) is 8.42 Å². The largest absolute Gasteiger partial charge is 0.329 e. The molecule has 4 unspecified atom stereocenters. The summed E-state index contributed by atoms with van der Waals surface area (Å²) in [6.07, 6.45) is 3.07. The molecule has 0 saturated carbocycles. The zero-order chi connectivity index (χ0) is 13.7. The second kappa shape index (κ2) is 4.69. The number of hydrogen-bond acceptors (Lipinski definition) is 5. The number of rotatable bonds is 3. The van der Waals surface area contributed by atoms with Crippen LogP contribution < -0.4 is 5.73 Å². The number of piperidine rings is 1. The maximum absolute atomic E-state index is 11.7. The minimum absolute atomic E-state index is 0.0253. The Labute approximate surface area is 116 Å². The van der Waals surface area contributed by atoms with Gasteiger partial charge in [-0.05, 0) is 45.3 Å². The van der Waals surface area contributed by atoms with E-state index in [0.29, 0.717) is 24.0 Å². The molecular weight excluding hydrogens is 262 g/mol. The van der Waals surface area contributed by atoms with E-state index in [-0.39, 0.29) is 11.6 Å². The third-order valence-electron chi connectivity index (χ3n) is 5.71. The minimum atomic E-state index is -2.82. The van der Waals surface area contributed by atoms with Gasteiger partial charge in [-0.3, -0.25) is 4.90 Å². The smallest absolute Gasteiger partial charge is 0.151 e. The average Bonchev–Trinajstić information content (AvgIpc) is 2.94. The first-order valence-electron chi connectivity index (χ1n) is 7.33. The highest BCUT2D eigenvalue weighted by atomic mass is 32.2. The van der Waals surface area contributed by atoms with E-state index < -0.39 is 9.84 Å². The van der Waals surface area contributed by atoms with Crippen LogP contribution in [0.2, 0.25) is 0 Å². The van der Waals surface area contributed by atoms with Crippen molar-refractivity contribution in [1.29, 1.82) is 0 Å². The molecule has 3 aliphatic rings. The second-order valence-electron chi connectivity index (χ2n) is 6.51. The molecule has 0 spiro atoms. The molecule has 0 aromatic carbocycles. The number of nitrogens with zero attached hydrogens (tertiary/aromatic N) is 2. The van der Waals surface area contributed by atoms with Gasteiger partial charge in [0.15, 0.2) is 9.84 Å². The van der Waals surface area contributed by atoms with Crippen LogP contribution in [-0.4, -0.2) is 74.5 Å². The van der Waals surface area contributed by atoms with Gasteiger partial charge in [0.05, 0.1) is 11.5 Å². The van der Waals surface area contributed by atoms with Crippen LogP contribution in [0.3, 0.4) is 0 Å². The Balaban J connectivity index is 1.82. The lowest BCUT2D eigenvalue weighted by molar-refractivity contribution is 0.00409. The molecule has 3 fully saturated rings. The van der Waals surface area contributed by atoms with Gasteiger partial charge in [-0.1, -0.05) is 0 Å². The predicted molar refractivity (Wildman–Crippen MR) is 75.8 cm³/mol. The molecule has 3 heterocycles. The Morgan fingerprint density at radius 2 is 2.16 bits per heavy atom. The van der Waals surface area contributed by atoms with Gasteiger partial charge in [0, 0.05) is 24.7 Å². The highest BCUT2D eigenvalue weighted by Crippen LogP contribution is 2.40. The van der Waals surface area contributed by atoms with Gasteiger partial charge < -0.3 is 10.6 Å². The molecule has 3 rings (SSSR count). The first-order chi connectivity index (χ1) is 8.97. The van der Waals surface area contributed by atoms with Crippen molar-refractivity contribution < 1.29 is 8.42 Å². The van der Waals surface area contributed by atoms with Crippen molar-refractivity contribution in [3.63, 3.8) is 0 Å². The molecule has 19 heavy (non-hydrogen) atoms. The molecule has 3 saturated heterocycles. The maximum Gasteiger partial charge on any atom is 0.151 e. The van der Waals surface area contributed by atoms with Gasteiger partial charge in [-0.15, -0.1) is 0 Å². The van der Waals surface area contributed by atoms with E-state index in [1.54, 1.807) is 0 Å². The van der Waals surface area contributed by atoms with Crippen LogP contribution >= 0.6 is 0 Å². The van der Waals surface area contributed by atoms with Crippen LogP contribution in [-0.2, 0) is 9.84 Å². The zero-order valence-corrected chi connectivity index (χ0v) is 12.5. The monoisotopic (exact) mass is 287 g/mol. The number of fused-ring (bicyclic) bond motifs is 2. The summed E-state index contributed by atoms with van der Waals surface area (Å²) >= 11 is 0. The van der Waals surface area contributed by atoms with E-state index in [4.69, 9.17) is 5.73 Å².